The minimum atomic E-state index is -3.65. The Morgan fingerprint density at radius 2 is 1.94 bits per heavy atom. The maximum absolute atomic E-state index is 12.6. The molecule has 2 aromatic heterocycles. The Kier molecular flexibility index (Phi) is 6.41. The summed E-state index contributed by atoms with van der Waals surface area (Å²) >= 11 is 0. The van der Waals surface area contributed by atoms with Gasteiger partial charge >= 0.3 is 0 Å². The standard InChI is InChI=1S/C25H30N4O3S/c1-25(2,3)19-6-8-20(9-7-19)33(31,32)28-14-10-23(30)29-15-11-18(12-16-29)22-17-27-24-21(22)5-4-13-26-24/h4-9,11,13,17,28H,10,12,14-16H2,1-3H3,(H,26,27). The predicted molar refractivity (Wildman–Crippen MR) is 130 cm³/mol. The molecule has 0 radical (unpaired) electrons. The molecule has 1 aromatic carbocycles. The van der Waals surface area contributed by atoms with Gasteiger partial charge in [-0.3, -0.25) is 4.79 Å². The van der Waals surface area contributed by atoms with E-state index >= 15 is 0 Å². The number of hydrogen-bond acceptors (Lipinski definition) is 4. The van der Waals surface area contributed by atoms with Crippen molar-refractivity contribution in [2.24, 2.45) is 0 Å². The number of benzene rings is 1. The lowest BCUT2D eigenvalue weighted by molar-refractivity contribution is -0.130. The average Bonchev–Trinajstić information content (AvgIpc) is 3.23. The lowest BCUT2D eigenvalue weighted by Gasteiger charge is -2.26. The molecule has 2 N–H and O–H groups in total. The molecule has 1 aliphatic heterocycles. The van der Waals surface area contributed by atoms with Gasteiger partial charge in [0.2, 0.25) is 15.9 Å². The fourth-order valence-electron chi connectivity index (χ4n) is 4.03. The van der Waals surface area contributed by atoms with Crippen LogP contribution in [0.1, 0.15) is 44.7 Å². The highest BCUT2D eigenvalue weighted by Crippen LogP contribution is 2.28. The monoisotopic (exact) mass is 466 g/mol. The van der Waals surface area contributed by atoms with Crippen molar-refractivity contribution in [2.45, 2.75) is 43.9 Å². The van der Waals surface area contributed by atoms with Crippen LogP contribution in [0.25, 0.3) is 16.6 Å². The molecule has 4 rings (SSSR count). The summed E-state index contributed by atoms with van der Waals surface area (Å²) < 4.78 is 27.7. The number of hydrogen-bond donors (Lipinski definition) is 2. The maximum Gasteiger partial charge on any atom is 0.240 e. The second-order valence-electron chi connectivity index (χ2n) is 9.34. The zero-order chi connectivity index (χ0) is 23.6. The fraction of sp³-hybridized carbons (Fsp3) is 0.360. The Morgan fingerprint density at radius 3 is 2.61 bits per heavy atom. The first kappa shape index (κ1) is 23.2. The molecule has 0 saturated heterocycles. The number of sulfonamides is 1. The summed E-state index contributed by atoms with van der Waals surface area (Å²) in [7, 11) is -3.65. The van der Waals surface area contributed by atoms with Crippen molar-refractivity contribution >= 4 is 32.5 Å². The number of carbonyl (C=O) groups excluding carboxylic acids is 1. The molecule has 174 valence electrons. The van der Waals surface area contributed by atoms with E-state index in [2.05, 4.69) is 41.5 Å². The number of pyridine rings is 1. The van der Waals surface area contributed by atoms with E-state index in [1.165, 1.54) is 5.57 Å². The zero-order valence-electron chi connectivity index (χ0n) is 19.3. The van der Waals surface area contributed by atoms with Gasteiger partial charge in [0.15, 0.2) is 0 Å². The number of nitrogens with one attached hydrogen (secondary N) is 2. The second-order valence-corrected chi connectivity index (χ2v) is 11.1. The van der Waals surface area contributed by atoms with Crippen molar-refractivity contribution in [1.29, 1.82) is 0 Å². The molecule has 7 nitrogen and oxygen atoms in total. The van der Waals surface area contributed by atoms with E-state index in [-0.39, 0.29) is 29.2 Å². The van der Waals surface area contributed by atoms with Crippen LogP contribution in [0.15, 0.2) is 59.8 Å². The van der Waals surface area contributed by atoms with Gasteiger partial charge in [-0.2, -0.15) is 0 Å². The van der Waals surface area contributed by atoms with Crippen molar-refractivity contribution in [3.8, 4) is 0 Å². The van der Waals surface area contributed by atoms with Gasteiger partial charge in [-0.15, -0.1) is 0 Å². The van der Waals surface area contributed by atoms with Crippen LogP contribution in [0, 0.1) is 0 Å². The molecule has 0 aliphatic carbocycles. The first-order chi connectivity index (χ1) is 15.6. The third kappa shape index (κ3) is 5.17. The van der Waals surface area contributed by atoms with Crippen molar-refractivity contribution in [2.75, 3.05) is 19.6 Å². The van der Waals surface area contributed by atoms with Crippen LogP contribution in [-0.2, 0) is 20.2 Å². The number of aromatic amines is 1. The number of amides is 1. The Morgan fingerprint density at radius 1 is 1.18 bits per heavy atom. The molecule has 0 saturated carbocycles. The molecule has 8 heteroatoms. The van der Waals surface area contributed by atoms with Gasteiger partial charge in [-0.1, -0.05) is 39.0 Å². The van der Waals surface area contributed by atoms with Crippen LogP contribution in [0.2, 0.25) is 0 Å². The molecule has 33 heavy (non-hydrogen) atoms. The number of fused-ring (bicyclic) bond motifs is 1. The summed E-state index contributed by atoms with van der Waals surface area (Å²) in [4.78, 5) is 22.1. The van der Waals surface area contributed by atoms with Gasteiger partial charge in [-0.25, -0.2) is 18.1 Å². The van der Waals surface area contributed by atoms with E-state index < -0.39 is 10.0 Å². The molecular formula is C25H30N4O3S. The number of aromatic nitrogens is 2. The first-order valence-electron chi connectivity index (χ1n) is 11.1. The minimum absolute atomic E-state index is 0.0457. The molecule has 1 aliphatic rings. The van der Waals surface area contributed by atoms with Crippen LogP contribution in [0.5, 0.6) is 0 Å². The van der Waals surface area contributed by atoms with Crippen molar-refractivity contribution in [3.05, 3.63) is 66.0 Å². The molecular weight excluding hydrogens is 436 g/mol. The van der Waals surface area contributed by atoms with Crippen molar-refractivity contribution in [1.82, 2.24) is 19.6 Å². The first-order valence-corrected chi connectivity index (χ1v) is 12.6. The van der Waals surface area contributed by atoms with Crippen LogP contribution >= 0.6 is 0 Å². The number of rotatable bonds is 6. The Hall–Kier alpha value is -2.97. The van der Waals surface area contributed by atoms with Gasteiger partial charge in [0.25, 0.3) is 0 Å². The average molecular weight is 467 g/mol. The summed E-state index contributed by atoms with van der Waals surface area (Å²) in [6.45, 7) is 7.44. The molecule has 0 bridgehead atoms. The molecule has 1 amide bonds. The van der Waals surface area contributed by atoms with E-state index in [0.29, 0.717) is 13.1 Å². The molecule has 3 aromatic rings. The highest BCUT2D eigenvalue weighted by Gasteiger charge is 2.21. The molecule has 0 unspecified atom stereocenters. The van der Waals surface area contributed by atoms with Gasteiger partial charge in [0.1, 0.15) is 5.65 Å². The summed E-state index contributed by atoms with van der Waals surface area (Å²) in [5, 5.41) is 1.08. The topological polar surface area (TPSA) is 95.2 Å². The molecule has 0 fully saturated rings. The summed E-state index contributed by atoms with van der Waals surface area (Å²) in [6, 6.07) is 10.8. The van der Waals surface area contributed by atoms with E-state index in [0.717, 1.165) is 28.6 Å². The highest BCUT2D eigenvalue weighted by atomic mass is 32.2. The third-order valence-electron chi connectivity index (χ3n) is 6.02. The zero-order valence-corrected chi connectivity index (χ0v) is 20.1. The van der Waals surface area contributed by atoms with Gasteiger partial charge in [0.05, 0.1) is 4.90 Å². The van der Waals surface area contributed by atoms with E-state index in [1.807, 2.05) is 30.5 Å². The lowest BCUT2D eigenvalue weighted by Crippen LogP contribution is -2.37. The predicted octanol–water partition coefficient (Wildman–Crippen LogP) is 3.84. The second kappa shape index (κ2) is 9.11. The Labute approximate surface area is 195 Å². The Bertz CT molecular complexity index is 1290. The SMILES string of the molecule is CC(C)(C)c1ccc(S(=O)(=O)NCCC(=O)N2CC=C(c3c[nH]c4ncccc34)CC2)cc1. The van der Waals surface area contributed by atoms with Crippen LogP contribution in [0.4, 0.5) is 0 Å². The summed E-state index contributed by atoms with van der Waals surface area (Å²) in [5.41, 5.74) is 4.19. The van der Waals surface area contributed by atoms with Crippen LogP contribution in [0.3, 0.4) is 0 Å². The molecule has 0 atom stereocenters. The van der Waals surface area contributed by atoms with E-state index in [1.54, 1.807) is 23.2 Å². The number of carbonyl (C=O) groups is 1. The Balaban J connectivity index is 1.31. The van der Waals surface area contributed by atoms with Crippen LogP contribution < -0.4 is 4.72 Å². The molecule has 0 spiro atoms. The number of H-pyrrole nitrogens is 1. The summed E-state index contributed by atoms with van der Waals surface area (Å²) in [5.74, 6) is -0.0586. The smallest absolute Gasteiger partial charge is 0.240 e. The van der Waals surface area contributed by atoms with Crippen molar-refractivity contribution in [3.63, 3.8) is 0 Å². The lowest BCUT2D eigenvalue weighted by atomic mass is 9.87. The maximum atomic E-state index is 12.6. The normalized spacial score (nSPS) is 15.0. The third-order valence-corrected chi connectivity index (χ3v) is 7.50. The fourth-order valence-corrected chi connectivity index (χ4v) is 5.06. The van der Waals surface area contributed by atoms with Gasteiger partial charge < -0.3 is 9.88 Å². The van der Waals surface area contributed by atoms with Gasteiger partial charge in [0, 0.05) is 49.4 Å². The van der Waals surface area contributed by atoms with Crippen LogP contribution in [-0.4, -0.2) is 48.8 Å². The molecule has 3 heterocycles. The van der Waals surface area contributed by atoms with Crippen molar-refractivity contribution < 1.29 is 13.2 Å². The van der Waals surface area contributed by atoms with E-state index in [4.69, 9.17) is 0 Å². The van der Waals surface area contributed by atoms with E-state index in [9.17, 15) is 13.2 Å². The highest BCUT2D eigenvalue weighted by molar-refractivity contribution is 7.89. The quantitative estimate of drug-likeness (QED) is 0.577. The number of nitrogens with zero attached hydrogens (tertiary/aromatic N) is 2. The minimum Gasteiger partial charge on any atom is -0.346 e. The van der Waals surface area contributed by atoms with Gasteiger partial charge in [-0.05, 0) is 47.2 Å². The summed E-state index contributed by atoms with van der Waals surface area (Å²) in [6.07, 6.45) is 6.66. The largest absolute Gasteiger partial charge is 0.346 e.